The molecule has 0 saturated carbocycles. The van der Waals surface area contributed by atoms with Crippen LogP contribution in [0.4, 0.5) is 65.9 Å². The average Bonchev–Trinajstić information content (AvgIpc) is 2.53. The molecule has 20 heteroatoms. The zero-order valence-electron chi connectivity index (χ0n) is 12.7. The molecule has 4 nitrogen and oxygen atoms in total. The highest BCUT2D eigenvalue weighted by Crippen LogP contribution is 2.58. The maximum atomic E-state index is 13.0. The highest BCUT2D eigenvalue weighted by Gasteiger charge is 2.60. The average molecular weight is 494 g/mol. The standard InChI is InChI=1S/C9H6F15O4P/c10-1(11)7(19,20)4(16)26-29(25,27-5(17)8(21,22)2(12)13)28-6(18)9(23,24)3(14)15/h1-6H. The van der Waals surface area contributed by atoms with Gasteiger partial charge in [-0.2, -0.15) is 26.3 Å². The van der Waals surface area contributed by atoms with E-state index in [1.54, 1.807) is 0 Å². The van der Waals surface area contributed by atoms with Crippen LogP contribution in [0, 0.1) is 0 Å². The Bertz CT molecular complexity index is 496. The summed E-state index contributed by atoms with van der Waals surface area (Å²) in [4.78, 5) is 0. The Morgan fingerprint density at radius 3 is 0.793 bits per heavy atom. The molecule has 0 heterocycles. The number of phosphoric ester groups is 1. The molecule has 0 aromatic rings. The summed E-state index contributed by atoms with van der Waals surface area (Å²) in [5, 5.41) is 0. The summed E-state index contributed by atoms with van der Waals surface area (Å²) in [7, 11) is -7.36. The molecule has 0 saturated heterocycles. The summed E-state index contributed by atoms with van der Waals surface area (Å²) in [6, 6.07) is 0. The van der Waals surface area contributed by atoms with Crippen molar-refractivity contribution in [2.75, 3.05) is 0 Å². The lowest BCUT2D eigenvalue weighted by atomic mass is 10.3. The second kappa shape index (κ2) is 9.47. The van der Waals surface area contributed by atoms with Crippen molar-refractivity contribution in [3.8, 4) is 0 Å². The molecule has 0 aliphatic rings. The fourth-order valence-corrected chi connectivity index (χ4v) is 2.17. The molecule has 0 bridgehead atoms. The molecule has 0 aromatic heterocycles. The Kier molecular flexibility index (Phi) is 9.16. The van der Waals surface area contributed by atoms with Crippen molar-refractivity contribution in [1.82, 2.24) is 0 Å². The van der Waals surface area contributed by atoms with Crippen LogP contribution in [-0.2, 0) is 18.1 Å². The molecular weight excluding hydrogens is 488 g/mol. The Hall–Kier alpha value is -0.940. The van der Waals surface area contributed by atoms with Crippen LogP contribution in [-0.4, -0.2) is 56.1 Å². The number of alkyl halides is 15. The van der Waals surface area contributed by atoms with Gasteiger partial charge in [0.05, 0.1) is 0 Å². The van der Waals surface area contributed by atoms with Gasteiger partial charge in [-0.05, 0) is 0 Å². The van der Waals surface area contributed by atoms with Crippen molar-refractivity contribution in [2.24, 2.45) is 0 Å². The van der Waals surface area contributed by atoms with Gasteiger partial charge in [-0.15, -0.1) is 0 Å². The van der Waals surface area contributed by atoms with Gasteiger partial charge in [0.15, 0.2) is 0 Å². The summed E-state index contributed by atoms with van der Waals surface area (Å²) < 4.78 is 206. The van der Waals surface area contributed by atoms with Crippen molar-refractivity contribution in [1.29, 1.82) is 0 Å². The van der Waals surface area contributed by atoms with Crippen LogP contribution in [0.2, 0.25) is 0 Å². The van der Waals surface area contributed by atoms with Gasteiger partial charge in [0.2, 0.25) is 0 Å². The largest absolute Gasteiger partial charge is 0.483 e. The van der Waals surface area contributed by atoms with Crippen molar-refractivity contribution in [2.45, 2.75) is 56.1 Å². The van der Waals surface area contributed by atoms with E-state index >= 15 is 0 Å². The SMILES string of the molecule is O=P(OC(F)C(F)(F)C(F)F)(OC(F)C(F)(F)C(F)F)OC(F)C(F)(F)C(F)F. The zero-order valence-corrected chi connectivity index (χ0v) is 13.6. The Morgan fingerprint density at radius 2 is 0.655 bits per heavy atom. The molecule has 176 valence electrons. The van der Waals surface area contributed by atoms with Crippen molar-refractivity contribution < 1.29 is 84.0 Å². The van der Waals surface area contributed by atoms with E-state index in [-0.39, 0.29) is 0 Å². The lowest BCUT2D eigenvalue weighted by Gasteiger charge is -2.29. The van der Waals surface area contributed by atoms with Crippen LogP contribution in [0.15, 0.2) is 0 Å². The van der Waals surface area contributed by atoms with Gasteiger partial charge in [0.1, 0.15) is 0 Å². The molecule has 0 radical (unpaired) electrons. The van der Waals surface area contributed by atoms with E-state index in [1.165, 1.54) is 0 Å². The van der Waals surface area contributed by atoms with Crippen LogP contribution in [0.1, 0.15) is 0 Å². The summed E-state index contributed by atoms with van der Waals surface area (Å²) >= 11 is 0. The predicted octanol–water partition coefficient (Wildman–Crippen LogP) is 5.73. The van der Waals surface area contributed by atoms with Gasteiger partial charge in [0, 0.05) is 0 Å². The van der Waals surface area contributed by atoms with Crippen molar-refractivity contribution in [3.63, 3.8) is 0 Å². The third kappa shape index (κ3) is 6.78. The Balaban J connectivity index is 5.90. The first kappa shape index (κ1) is 28.1. The Labute approximate surface area is 149 Å². The molecule has 0 aliphatic carbocycles. The minimum Gasteiger partial charge on any atom is -0.244 e. The quantitative estimate of drug-likeness (QED) is 0.257. The van der Waals surface area contributed by atoms with E-state index in [9.17, 15) is 70.4 Å². The van der Waals surface area contributed by atoms with Crippen molar-refractivity contribution >= 4 is 7.82 Å². The highest BCUT2D eigenvalue weighted by molar-refractivity contribution is 7.48. The third-order valence-electron chi connectivity index (χ3n) is 2.45. The smallest absolute Gasteiger partial charge is 0.244 e. The van der Waals surface area contributed by atoms with E-state index in [0.29, 0.717) is 0 Å². The predicted molar refractivity (Wildman–Crippen MR) is 58.4 cm³/mol. The second-order valence-corrected chi connectivity index (χ2v) is 6.16. The van der Waals surface area contributed by atoms with Crippen LogP contribution in [0.3, 0.4) is 0 Å². The molecule has 0 aromatic carbocycles. The molecule has 0 fully saturated rings. The van der Waals surface area contributed by atoms with Crippen LogP contribution >= 0.6 is 7.82 Å². The maximum Gasteiger partial charge on any atom is 0.483 e. The molecule has 3 unspecified atom stereocenters. The number of rotatable bonds is 12. The first-order chi connectivity index (χ1) is 12.7. The van der Waals surface area contributed by atoms with E-state index in [2.05, 4.69) is 13.6 Å². The normalized spacial score (nSPS) is 19.5. The molecule has 0 amide bonds. The molecular formula is C9H6F15O4P. The van der Waals surface area contributed by atoms with E-state index in [0.717, 1.165) is 0 Å². The maximum absolute atomic E-state index is 13.0. The van der Waals surface area contributed by atoms with Gasteiger partial charge in [0.25, 0.3) is 19.1 Å². The fraction of sp³-hybridized carbons (Fsp3) is 1.00. The number of phosphoric acid groups is 1. The number of halogens is 15. The second-order valence-electron chi connectivity index (χ2n) is 4.64. The summed E-state index contributed by atoms with van der Waals surface area (Å²) in [6.45, 7) is 0. The van der Waals surface area contributed by atoms with E-state index in [1.807, 2.05) is 0 Å². The fourth-order valence-electron chi connectivity index (χ4n) is 0.923. The molecule has 3 atom stereocenters. The summed E-state index contributed by atoms with van der Waals surface area (Å²) in [5.74, 6) is -18.3. The first-order valence-corrected chi connectivity index (χ1v) is 7.73. The molecule has 0 aliphatic heterocycles. The lowest BCUT2D eigenvalue weighted by Crippen LogP contribution is -2.43. The molecule has 29 heavy (non-hydrogen) atoms. The van der Waals surface area contributed by atoms with Gasteiger partial charge >= 0.3 is 44.9 Å². The minimum atomic E-state index is -7.36. The Morgan fingerprint density at radius 1 is 0.483 bits per heavy atom. The molecule has 0 spiro atoms. The van der Waals surface area contributed by atoms with Gasteiger partial charge in [-0.25, -0.2) is 57.7 Å². The summed E-state index contributed by atoms with van der Waals surface area (Å²) in [5.41, 5.74) is 0. The number of hydrogen-bond donors (Lipinski definition) is 0. The van der Waals surface area contributed by atoms with Crippen LogP contribution in [0.25, 0.3) is 0 Å². The van der Waals surface area contributed by atoms with Gasteiger partial charge in [-0.3, -0.25) is 0 Å². The zero-order chi connectivity index (χ0) is 23.6. The summed E-state index contributed by atoms with van der Waals surface area (Å²) in [6.07, 6.45) is -30.4. The molecule has 0 rings (SSSR count). The minimum absolute atomic E-state index is 2.63. The third-order valence-corrected chi connectivity index (χ3v) is 3.78. The first-order valence-electron chi connectivity index (χ1n) is 6.27. The van der Waals surface area contributed by atoms with Crippen LogP contribution in [0.5, 0.6) is 0 Å². The monoisotopic (exact) mass is 494 g/mol. The van der Waals surface area contributed by atoms with Crippen molar-refractivity contribution in [3.05, 3.63) is 0 Å². The van der Waals surface area contributed by atoms with E-state index in [4.69, 9.17) is 0 Å². The number of hydrogen-bond acceptors (Lipinski definition) is 4. The highest BCUT2D eigenvalue weighted by atomic mass is 31.2. The van der Waals surface area contributed by atoms with Gasteiger partial charge < -0.3 is 0 Å². The topological polar surface area (TPSA) is 44.8 Å². The lowest BCUT2D eigenvalue weighted by molar-refractivity contribution is -0.259. The van der Waals surface area contributed by atoms with Crippen LogP contribution < -0.4 is 0 Å². The van der Waals surface area contributed by atoms with E-state index < -0.39 is 63.9 Å². The molecule has 0 N–H and O–H groups in total. The van der Waals surface area contributed by atoms with Gasteiger partial charge in [-0.1, -0.05) is 0 Å².